The summed E-state index contributed by atoms with van der Waals surface area (Å²) in [5, 5.41) is 13.2. The highest BCUT2D eigenvalue weighted by molar-refractivity contribution is 5.49. The molecule has 0 amide bonds. The van der Waals surface area contributed by atoms with Crippen LogP contribution in [0.1, 0.15) is 25.2 Å². The Labute approximate surface area is 132 Å². The number of aryl methyl sites for hydroxylation is 2. The van der Waals surface area contributed by atoms with E-state index in [9.17, 15) is 5.11 Å². The van der Waals surface area contributed by atoms with Gasteiger partial charge in [0, 0.05) is 24.0 Å². The van der Waals surface area contributed by atoms with Crippen LogP contribution in [-0.2, 0) is 0 Å². The lowest BCUT2D eigenvalue weighted by Crippen LogP contribution is -2.35. The first-order valence-corrected chi connectivity index (χ1v) is 7.77. The van der Waals surface area contributed by atoms with Crippen molar-refractivity contribution in [2.24, 2.45) is 0 Å². The molecule has 0 saturated heterocycles. The average Bonchev–Trinajstić information content (AvgIpc) is 2.82. The van der Waals surface area contributed by atoms with Crippen LogP contribution in [0, 0.1) is 13.8 Å². The number of aromatic nitrogens is 1. The SMILES string of the molecule is Cc1ccc(C)n1-c1ccccc1OCC(O)CNC(C)C. The zero-order valence-electron chi connectivity index (χ0n) is 13.8. The van der Waals surface area contributed by atoms with Gasteiger partial charge in [0.2, 0.25) is 0 Å². The summed E-state index contributed by atoms with van der Waals surface area (Å²) in [6, 6.07) is 12.5. The van der Waals surface area contributed by atoms with E-state index in [-0.39, 0.29) is 6.61 Å². The molecule has 1 aromatic carbocycles. The fourth-order valence-corrected chi connectivity index (χ4v) is 2.43. The van der Waals surface area contributed by atoms with Crippen molar-refractivity contribution in [2.75, 3.05) is 13.2 Å². The van der Waals surface area contributed by atoms with Crippen LogP contribution in [0.4, 0.5) is 0 Å². The molecule has 1 heterocycles. The first-order chi connectivity index (χ1) is 10.5. The van der Waals surface area contributed by atoms with E-state index in [0.717, 1.165) is 22.8 Å². The number of hydrogen-bond donors (Lipinski definition) is 2. The number of aliphatic hydroxyl groups is 1. The van der Waals surface area contributed by atoms with Crippen molar-refractivity contribution in [3.05, 3.63) is 47.8 Å². The zero-order valence-corrected chi connectivity index (χ0v) is 13.8. The van der Waals surface area contributed by atoms with E-state index >= 15 is 0 Å². The summed E-state index contributed by atoms with van der Waals surface area (Å²) < 4.78 is 8.01. The van der Waals surface area contributed by atoms with Crippen molar-refractivity contribution in [1.29, 1.82) is 0 Å². The average molecular weight is 302 g/mol. The van der Waals surface area contributed by atoms with Crippen LogP contribution in [0.25, 0.3) is 5.69 Å². The number of hydrogen-bond acceptors (Lipinski definition) is 3. The van der Waals surface area contributed by atoms with Gasteiger partial charge in [-0.05, 0) is 38.1 Å². The minimum atomic E-state index is -0.526. The molecule has 2 N–H and O–H groups in total. The number of ether oxygens (including phenoxy) is 1. The molecule has 0 aliphatic heterocycles. The van der Waals surface area contributed by atoms with Gasteiger partial charge in [-0.1, -0.05) is 26.0 Å². The monoisotopic (exact) mass is 302 g/mol. The van der Waals surface area contributed by atoms with Gasteiger partial charge >= 0.3 is 0 Å². The third kappa shape index (κ3) is 4.12. The maximum atomic E-state index is 10.00. The predicted molar refractivity (Wildman–Crippen MR) is 89.9 cm³/mol. The molecule has 1 unspecified atom stereocenters. The van der Waals surface area contributed by atoms with Gasteiger partial charge in [0.15, 0.2) is 0 Å². The van der Waals surface area contributed by atoms with Gasteiger partial charge in [-0.15, -0.1) is 0 Å². The highest BCUT2D eigenvalue weighted by atomic mass is 16.5. The third-order valence-corrected chi connectivity index (χ3v) is 3.57. The molecule has 0 aliphatic rings. The van der Waals surface area contributed by atoms with E-state index in [1.165, 1.54) is 0 Å². The van der Waals surface area contributed by atoms with Crippen LogP contribution in [-0.4, -0.2) is 35.0 Å². The van der Waals surface area contributed by atoms with Crippen molar-refractivity contribution in [3.63, 3.8) is 0 Å². The Hall–Kier alpha value is -1.78. The summed E-state index contributed by atoms with van der Waals surface area (Å²) in [6.07, 6.45) is -0.526. The number of aliphatic hydroxyl groups excluding tert-OH is 1. The van der Waals surface area contributed by atoms with Gasteiger partial charge in [-0.25, -0.2) is 0 Å². The lowest BCUT2D eigenvalue weighted by Gasteiger charge is -2.18. The van der Waals surface area contributed by atoms with E-state index in [0.29, 0.717) is 12.6 Å². The summed E-state index contributed by atoms with van der Waals surface area (Å²) in [5.74, 6) is 0.786. The third-order valence-electron chi connectivity index (χ3n) is 3.57. The van der Waals surface area contributed by atoms with E-state index in [1.54, 1.807) is 0 Å². The Kier molecular flexibility index (Phi) is 5.63. The van der Waals surface area contributed by atoms with E-state index in [2.05, 4.69) is 49.7 Å². The number of benzene rings is 1. The topological polar surface area (TPSA) is 46.4 Å². The van der Waals surface area contributed by atoms with Crippen molar-refractivity contribution in [2.45, 2.75) is 39.8 Å². The van der Waals surface area contributed by atoms with E-state index < -0.39 is 6.10 Å². The number of nitrogens with zero attached hydrogens (tertiary/aromatic N) is 1. The molecule has 2 rings (SSSR count). The number of rotatable bonds is 7. The zero-order chi connectivity index (χ0) is 16.1. The first kappa shape index (κ1) is 16.6. The van der Waals surface area contributed by atoms with Crippen molar-refractivity contribution in [3.8, 4) is 11.4 Å². The molecule has 0 aliphatic carbocycles. The van der Waals surface area contributed by atoms with Crippen LogP contribution in [0.2, 0.25) is 0 Å². The maximum Gasteiger partial charge on any atom is 0.143 e. The lowest BCUT2D eigenvalue weighted by molar-refractivity contribution is 0.104. The van der Waals surface area contributed by atoms with E-state index in [1.807, 2.05) is 24.3 Å². The molecule has 0 bridgehead atoms. The normalized spacial score (nSPS) is 12.6. The molecule has 0 radical (unpaired) electrons. The van der Waals surface area contributed by atoms with Crippen LogP contribution >= 0.6 is 0 Å². The lowest BCUT2D eigenvalue weighted by atomic mass is 10.2. The van der Waals surface area contributed by atoms with Gasteiger partial charge in [0.05, 0.1) is 5.69 Å². The smallest absolute Gasteiger partial charge is 0.143 e. The molecule has 22 heavy (non-hydrogen) atoms. The van der Waals surface area contributed by atoms with Gasteiger partial charge in [0.1, 0.15) is 18.5 Å². The molecular formula is C18H26N2O2. The second-order valence-electron chi connectivity index (χ2n) is 5.95. The molecule has 0 saturated carbocycles. The molecule has 4 heteroatoms. The summed E-state index contributed by atoms with van der Waals surface area (Å²) in [4.78, 5) is 0. The number of para-hydroxylation sites is 2. The van der Waals surface area contributed by atoms with Crippen molar-refractivity contribution >= 4 is 0 Å². The Morgan fingerprint density at radius 1 is 1.09 bits per heavy atom. The van der Waals surface area contributed by atoms with Crippen LogP contribution in [0.15, 0.2) is 36.4 Å². The highest BCUT2D eigenvalue weighted by Crippen LogP contribution is 2.26. The molecule has 0 spiro atoms. The molecule has 4 nitrogen and oxygen atoms in total. The maximum absolute atomic E-state index is 10.00. The molecule has 1 aromatic heterocycles. The quantitative estimate of drug-likeness (QED) is 0.827. The Balaban J connectivity index is 2.10. The van der Waals surface area contributed by atoms with Crippen LogP contribution < -0.4 is 10.1 Å². The Bertz CT molecular complexity index is 585. The summed E-state index contributed by atoms with van der Waals surface area (Å²) in [6.45, 7) is 9.06. The first-order valence-electron chi connectivity index (χ1n) is 7.77. The second-order valence-corrected chi connectivity index (χ2v) is 5.95. The van der Waals surface area contributed by atoms with E-state index in [4.69, 9.17) is 4.74 Å². The summed E-state index contributed by atoms with van der Waals surface area (Å²) in [5.41, 5.74) is 3.33. The molecule has 1 atom stereocenters. The Morgan fingerprint density at radius 3 is 2.36 bits per heavy atom. The minimum absolute atomic E-state index is 0.274. The molecule has 2 aromatic rings. The van der Waals surface area contributed by atoms with Gasteiger partial charge < -0.3 is 19.7 Å². The van der Waals surface area contributed by atoms with Gasteiger partial charge in [-0.2, -0.15) is 0 Å². The fraction of sp³-hybridized carbons (Fsp3) is 0.444. The van der Waals surface area contributed by atoms with Crippen LogP contribution in [0.5, 0.6) is 5.75 Å². The number of nitrogens with one attached hydrogen (secondary N) is 1. The van der Waals surface area contributed by atoms with Crippen LogP contribution in [0.3, 0.4) is 0 Å². The summed E-state index contributed by atoms with van der Waals surface area (Å²) >= 11 is 0. The molecular weight excluding hydrogens is 276 g/mol. The van der Waals surface area contributed by atoms with Gasteiger partial charge in [0.25, 0.3) is 0 Å². The highest BCUT2D eigenvalue weighted by Gasteiger charge is 2.12. The minimum Gasteiger partial charge on any atom is -0.489 e. The molecule has 0 fully saturated rings. The van der Waals surface area contributed by atoms with Crippen molar-refractivity contribution < 1.29 is 9.84 Å². The second kappa shape index (κ2) is 7.47. The summed E-state index contributed by atoms with van der Waals surface area (Å²) in [7, 11) is 0. The predicted octanol–water partition coefficient (Wildman–Crippen LogP) is 2.83. The standard InChI is InChI=1S/C18H26N2O2/c1-13(2)19-11-16(21)12-22-18-8-6-5-7-17(18)20-14(3)9-10-15(20)4/h5-10,13,16,19,21H,11-12H2,1-4H3. The van der Waals surface area contributed by atoms with Gasteiger partial charge in [-0.3, -0.25) is 0 Å². The fourth-order valence-electron chi connectivity index (χ4n) is 2.43. The van der Waals surface area contributed by atoms with Crippen molar-refractivity contribution in [1.82, 2.24) is 9.88 Å². The Morgan fingerprint density at radius 2 is 1.73 bits per heavy atom. The largest absolute Gasteiger partial charge is 0.489 e. The molecule has 120 valence electrons.